The van der Waals surface area contributed by atoms with Gasteiger partial charge in [-0.1, -0.05) is 50.8 Å². The van der Waals surface area contributed by atoms with Crippen LogP contribution < -0.4 is 5.56 Å². The summed E-state index contributed by atoms with van der Waals surface area (Å²) in [6, 6.07) is 8.73. The van der Waals surface area contributed by atoms with E-state index in [-0.39, 0.29) is 17.7 Å². The summed E-state index contributed by atoms with van der Waals surface area (Å²) in [6.45, 7) is 6.36. The van der Waals surface area contributed by atoms with Crippen molar-refractivity contribution in [3.63, 3.8) is 0 Å². The van der Waals surface area contributed by atoms with Crippen molar-refractivity contribution < 1.29 is 4.74 Å². The molecule has 3 aromatic rings. The molecule has 1 N–H and O–H groups in total. The number of H-pyrrole nitrogens is 1. The van der Waals surface area contributed by atoms with Gasteiger partial charge in [0.15, 0.2) is 5.82 Å². The highest BCUT2D eigenvalue weighted by molar-refractivity contribution is 5.81. The van der Waals surface area contributed by atoms with Crippen LogP contribution in [0, 0.1) is 6.92 Å². The van der Waals surface area contributed by atoms with Crippen molar-refractivity contribution in [2.45, 2.75) is 103 Å². The standard InChI is InChI=1S/C27H38N6O2/c1-3-9-24(26-29-30-31-33(26)18-23-14-8-15-35-23)32(22-12-5-4-6-13-22)17-21-16-20-11-7-10-19(2)25(20)28-27(21)34/h7,10-11,16,22-24H,3-6,8-9,12-15,17-18H2,1-2H3,(H,28,34)/t23-,24+/m1/s1. The SMILES string of the molecule is CCC[C@@H](c1nnnn1C[C@H]1CCCO1)N(Cc1cc2cccc(C)c2[nH]c1=O)C1CCCCC1. The highest BCUT2D eigenvalue weighted by Crippen LogP contribution is 2.34. The summed E-state index contributed by atoms with van der Waals surface area (Å²) < 4.78 is 7.84. The molecule has 5 rings (SSSR count). The first-order valence-corrected chi connectivity index (χ1v) is 13.4. The van der Waals surface area contributed by atoms with Crippen LogP contribution in [0.5, 0.6) is 0 Å². The van der Waals surface area contributed by atoms with Crippen molar-refractivity contribution in [1.82, 2.24) is 30.1 Å². The maximum Gasteiger partial charge on any atom is 0.252 e. The second kappa shape index (κ2) is 11.0. The largest absolute Gasteiger partial charge is 0.376 e. The molecule has 1 saturated heterocycles. The van der Waals surface area contributed by atoms with Gasteiger partial charge < -0.3 is 9.72 Å². The first kappa shape index (κ1) is 24.1. The third-order valence-corrected chi connectivity index (χ3v) is 7.78. The Morgan fingerprint density at radius 3 is 2.83 bits per heavy atom. The number of para-hydroxylation sites is 1. The van der Waals surface area contributed by atoms with Crippen molar-refractivity contribution in [3.8, 4) is 0 Å². The van der Waals surface area contributed by atoms with Crippen molar-refractivity contribution in [2.24, 2.45) is 0 Å². The van der Waals surface area contributed by atoms with Crippen LogP contribution in [0.4, 0.5) is 0 Å². The summed E-state index contributed by atoms with van der Waals surface area (Å²) in [5.74, 6) is 0.904. The minimum atomic E-state index is 0.00167. The van der Waals surface area contributed by atoms with Crippen LogP contribution in [0.15, 0.2) is 29.1 Å². The van der Waals surface area contributed by atoms with E-state index in [9.17, 15) is 4.79 Å². The maximum absolute atomic E-state index is 13.2. The molecule has 8 heteroatoms. The average Bonchev–Trinajstić information content (AvgIpc) is 3.55. The summed E-state index contributed by atoms with van der Waals surface area (Å²) >= 11 is 0. The second-order valence-electron chi connectivity index (χ2n) is 10.3. The molecule has 2 aromatic heterocycles. The van der Waals surface area contributed by atoms with E-state index in [1.165, 1.54) is 19.3 Å². The summed E-state index contributed by atoms with van der Waals surface area (Å²) in [4.78, 5) is 18.9. The first-order chi connectivity index (χ1) is 17.1. The second-order valence-corrected chi connectivity index (χ2v) is 10.3. The molecule has 2 aliphatic rings. The number of pyridine rings is 1. The number of nitrogens with zero attached hydrogens (tertiary/aromatic N) is 5. The lowest BCUT2D eigenvalue weighted by atomic mass is 9.91. The highest BCUT2D eigenvalue weighted by atomic mass is 16.5. The monoisotopic (exact) mass is 478 g/mol. The fourth-order valence-corrected chi connectivity index (χ4v) is 5.93. The molecule has 0 unspecified atom stereocenters. The Bertz CT molecular complexity index is 1180. The van der Waals surface area contributed by atoms with E-state index in [0.29, 0.717) is 19.1 Å². The third kappa shape index (κ3) is 5.33. The van der Waals surface area contributed by atoms with Crippen LogP contribution in [0.25, 0.3) is 10.9 Å². The van der Waals surface area contributed by atoms with Crippen molar-refractivity contribution in [1.29, 1.82) is 0 Å². The topological polar surface area (TPSA) is 88.9 Å². The van der Waals surface area contributed by atoms with Gasteiger partial charge in [0.05, 0.1) is 24.2 Å². The molecule has 2 atom stereocenters. The Morgan fingerprint density at radius 2 is 2.06 bits per heavy atom. The Morgan fingerprint density at radius 1 is 1.20 bits per heavy atom. The predicted octanol–water partition coefficient (Wildman–Crippen LogP) is 4.68. The number of tetrazole rings is 1. The number of benzene rings is 1. The average molecular weight is 479 g/mol. The van der Waals surface area contributed by atoms with Crippen molar-refractivity contribution >= 4 is 10.9 Å². The van der Waals surface area contributed by atoms with Crippen LogP contribution in [0.3, 0.4) is 0 Å². The minimum absolute atomic E-state index is 0.00167. The van der Waals surface area contributed by atoms with Gasteiger partial charge in [-0.25, -0.2) is 4.68 Å². The van der Waals surface area contributed by atoms with Gasteiger partial charge in [0.25, 0.3) is 5.56 Å². The zero-order valence-electron chi connectivity index (χ0n) is 21.1. The summed E-state index contributed by atoms with van der Waals surface area (Å²) in [6.07, 6.45) is 10.3. The molecule has 35 heavy (non-hydrogen) atoms. The molecule has 0 bridgehead atoms. The number of ether oxygens (including phenoxy) is 1. The van der Waals surface area contributed by atoms with Crippen LogP contribution in [0.1, 0.15) is 87.7 Å². The number of rotatable bonds is 9. The van der Waals surface area contributed by atoms with Gasteiger partial charge in [0.2, 0.25) is 0 Å². The molecule has 1 aliphatic heterocycles. The number of nitrogens with one attached hydrogen (secondary N) is 1. The van der Waals surface area contributed by atoms with Gasteiger partial charge in [-0.3, -0.25) is 9.69 Å². The van der Waals surface area contributed by atoms with Crippen LogP contribution in [0.2, 0.25) is 0 Å². The fourth-order valence-electron chi connectivity index (χ4n) is 5.93. The number of fused-ring (bicyclic) bond motifs is 1. The Balaban J connectivity index is 1.50. The smallest absolute Gasteiger partial charge is 0.252 e. The molecule has 1 aromatic carbocycles. The van der Waals surface area contributed by atoms with E-state index in [4.69, 9.17) is 4.74 Å². The first-order valence-electron chi connectivity index (χ1n) is 13.4. The maximum atomic E-state index is 13.2. The van der Waals surface area contributed by atoms with Crippen LogP contribution in [-0.4, -0.2) is 48.8 Å². The number of hydrogen-bond donors (Lipinski definition) is 1. The van der Waals surface area contributed by atoms with Gasteiger partial charge in [-0.2, -0.15) is 0 Å². The van der Waals surface area contributed by atoms with E-state index >= 15 is 0 Å². The minimum Gasteiger partial charge on any atom is -0.376 e. The summed E-state index contributed by atoms with van der Waals surface area (Å²) in [7, 11) is 0. The molecule has 1 aliphatic carbocycles. The van der Waals surface area contributed by atoms with E-state index in [1.54, 1.807) is 0 Å². The Kier molecular flexibility index (Phi) is 7.58. The lowest BCUT2D eigenvalue weighted by Crippen LogP contribution is -2.41. The molecule has 0 amide bonds. The zero-order chi connectivity index (χ0) is 24.2. The van der Waals surface area contributed by atoms with Crippen LogP contribution in [-0.2, 0) is 17.8 Å². The zero-order valence-corrected chi connectivity index (χ0v) is 21.1. The Labute approximate surface area is 207 Å². The molecule has 3 heterocycles. The summed E-state index contributed by atoms with van der Waals surface area (Å²) in [5, 5.41) is 14.1. The van der Waals surface area contributed by atoms with Gasteiger partial charge in [-0.15, -0.1) is 5.10 Å². The van der Waals surface area contributed by atoms with Gasteiger partial charge >= 0.3 is 0 Å². The molecular formula is C27H38N6O2. The lowest BCUT2D eigenvalue weighted by Gasteiger charge is -2.39. The quantitative estimate of drug-likeness (QED) is 0.480. The number of hydrogen-bond acceptors (Lipinski definition) is 6. The highest BCUT2D eigenvalue weighted by Gasteiger charge is 2.33. The molecule has 188 valence electrons. The molecule has 0 spiro atoms. The summed E-state index contributed by atoms with van der Waals surface area (Å²) in [5.41, 5.74) is 2.83. The molecule has 0 radical (unpaired) electrons. The fraction of sp³-hybridized carbons (Fsp3) is 0.630. The number of aromatic nitrogens is 5. The van der Waals surface area contributed by atoms with Gasteiger partial charge in [-0.05, 0) is 66.5 Å². The van der Waals surface area contributed by atoms with Gasteiger partial charge in [0.1, 0.15) is 0 Å². The van der Waals surface area contributed by atoms with E-state index in [0.717, 1.165) is 73.0 Å². The van der Waals surface area contributed by atoms with E-state index in [1.807, 2.05) is 17.7 Å². The number of aryl methyl sites for hydroxylation is 1. The van der Waals surface area contributed by atoms with E-state index in [2.05, 4.69) is 50.5 Å². The molecule has 8 nitrogen and oxygen atoms in total. The van der Waals surface area contributed by atoms with Crippen molar-refractivity contribution in [3.05, 3.63) is 51.6 Å². The molecule has 1 saturated carbocycles. The van der Waals surface area contributed by atoms with Crippen molar-refractivity contribution in [2.75, 3.05) is 6.61 Å². The third-order valence-electron chi connectivity index (χ3n) is 7.78. The molecule has 2 fully saturated rings. The predicted molar refractivity (Wildman–Crippen MR) is 136 cm³/mol. The Hall–Kier alpha value is -2.58. The number of aromatic amines is 1. The molecular weight excluding hydrogens is 440 g/mol. The van der Waals surface area contributed by atoms with Gasteiger partial charge in [0, 0.05) is 24.8 Å². The van der Waals surface area contributed by atoms with E-state index < -0.39 is 0 Å². The lowest BCUT2D eigenvalue weighted by molar-refractivity contribution is 0.0713. The van der Waals surface area contributed by atoms with Crippen LogP contribution >= 0.6 is 0 Å². The normalized spacial score (nSPS) is 20.1.